The maximum atomic E-state index is 13.0. The molecule has 144 valence electrons. The van der Waals surface area contributed by atoms with Crippen molar-refractivity contribution >= 4 is 44.4 Å². The molecule has 0 saturated carbocycles. The van der Waals surface area contributed by atoms with Gasteiger partial charge < -0.3 is 9.73 Å². The quantitative estimate of drug-likeness (QED) is 0.480. The Kier molecular flexibility index (Phi) is 5.78. The Labute approximate surface area is 176 Å². The van der Waals surface area contributed by atoms with Crippen LogP contribution in [0.5, 0.6) is 0 Å². The molecular weight excluding hydrogens is 436 g/mol. The number of furan rings is 1. The summed E-state index contributed by atoms with van der Waals surface area (Å²) in [7, 11) is 0. The summed E-state index contributed by atoms with van der Waals surface area (Å²) < 4.78 is 6.38. The number of nitrogens with one attached hydrogen (secondary N) is 1. The van der Waals surface area contributed by atoms with Crippen LogP contribution in [-0.2, 0) is 19.4 Å². The van der Waals surface area contributed by atoms with Crippen molar-refractivity contribution in [1.29, 1.82) is 0 Å². The maximum absolute atomic E-state index is 13.0. The molecule has 4 nitrogen and oxygen atoms in total. The first-order chi connectivity index (χ1) is 13.6. The summed E-state index contributed by atoms with van der Waals surface area (Å²) in [5, 5.41) is 3.78. The van der Waals surface area contributed by atoms with Crippen LogP contribution in [0.1, 0.15) is 50.5 Å². The SMILES string of the molecule is Cc1ccc(/C=N/c2sc3c(c2C(=O)NCc2ccco2)CCCC3)cc1Br. The number of aryl methyl sites for hydroxylation is 2. The highest BCUT2D eigenvalue weighted by atomic mass is 79.9. The van der Waals surface area contributed by atoms with Crippen LogP contribution in [0.25, 0.3) is 0 Å². The highest BCUT2D eigenvalue weighted by Crippen LogP contribution is 2.40. The molecule has 2 aromatic heterocycles. The monoisotopic (exact) mass is 456 g/mol. The third-order valence-corrected chi connectivity index (χ3v) is 6.96. The van der Waals surface area contributed by atoms with Crippen molar-refractivity contribution in [2.75, 3.05) is 0 Å². The zero-order valence-corrected chi connectivity index (χ0v) is 18.0. The average Bonchev–Trinajstić information content (AvgIpc) is 3.34. The molecule has 1 aliphatic carbocycles. The number of fused-ring (bicyclic) bond motifs is 1. The topological polar surface area (TPSA) is 54.6 Å². The van der Waals surface area contributed by atoms with Gasteiger partial charge in [0, 0.05) is 15.6 Å². The average molecular weight is 457 g/mol. The van der Waals surface area contributed by atoms with Gasteiger partial charge in [-0.15, -0.1) is 11.3 Å². The lowest BCUT2D eigenvalue weighted by Gasteiger charge is -2.12. The maximum Gasteiger partial charge on any atom is 0.255 e. The summed E-state index contributed by atoms with van der Waals surface area (Å²) in [5.74, 6) is 0.667. The molecule has 3 aromatic rings. The van der Waals surface area contributed by atoms with E-state index < -0.39 is 0 Å². The van der Waals surface area contributed by atoms with Crippen molar-refractivity contribution in [3.8, 4) is 0 Å². The van der Waals surface area contributed by atoms with Crippen LogP contribution in [0.2, 0.25) is 0 Å². The number of nitrogens with zero attached hydrogens (tertiary/aromatic N) is 1. The van der Waals surface area contributed by atoms with Crippen LogP contribution in [0, 0.1) is 6.92 Å². The summed E-state index contributed by atoms with van der Waals surface area (Å²) in [5.41, 5.74) is 4.09. The molecule has 1 N–H and O–H groups in total. The second-order valence-electron chi connectivity index (χ2n) is 6.92. The van der Waals surface area contributed by atoms with E-state index in [4.69, 9.17) is 9.41 Å². The van der Waals surface area contributed by atoms with Crippen LogP contribution in [0.4, 0.5) is 5.00 Å². The van der Waals surface area contributed by atoms with Crippen molar-refractivity contribution in [3.63, 3.8) is 0 Å². The van der Waals surface area contributed by atoms with Gasteiger partial charge in [0.25, 0.3) is 5.91 Å². The van der Waals surface area contributed by atoms with Gasteiger partial charge in [0.15, 0.2) is 0 Å². The Morgan fingerprint density at radius 3 is 2.96 bits per heavy atom. The highest BCUT2D eigenvalue weighted by molar-refractivity contribution is 9.10. The van der Waals surface area contributed by atoms with Crippen molar-refractivity contribution in [2.45, 2.75) is 39.2 Å². The largest absolute Gasteiger partial charge is 0.467 e. The molecule has 0 aliphatic heterocycles. The summed E-state index contributed by atoms with van der Waals surface area (Å²) in [6, 6.07) is 9.82. The normalized spacial score (nSPS) is 13.6. The van der Waals surface area contributed by atoms with Crippen molar-refractivity contribution in [1.82, 2.24) is 5.32 Å². The van der Waals surface area contributed by atoms with E-state index in [1.165, 1.54) is 22.4 Å². The van der Waals surface area contributed by atoms with Crippen LogP contribution in [-0.4, -0.2) is 12.1 Å². The van der Waals surface area contributed by atoms with Gasteiger partial charge >= 0.3 is 0 Å². The van der Waals surface area contributed by atoms with Gasteiger partial charge in [-0.25, -0.2) is 4.99 Å². The molecule has 0 bridgehead atoms. The fourth-order valence-corrected chi connectivity index (χ4v) is 5.00. The lowest BCUT2D eigenvalue weighted by molar-refractivity contribution is 0.0948. The molecule has 1 amide bonds. The van der Waals surface area contributed by atoms with E-state index >= 15 is 0 Å². The van der Waals surface area contributed by atoms with Crippen LogP contribution in [0.15, 0.2) is 50.5 Å². The van der Waals surface area contributed by atoms with E-state index in [2.05, 4.69) is 34.2 Å². The predicted octanol–water partition coefficient (Wildman–Crippen LogP) is 5.97. The lowest BCUT2D eigenvalue weighted by atomic mass is 9.95. The smallest absolute Gasteiger partial charge is 0.255 e. The number of aliphatic imine (C=N–C) groups is 1. The van der Waals surface area contributed by atoms with Crippen molar-refractivity contribution in [3.05, 3.63) is 74.0 Å². The van der Waals surface area contributed by atoms with E-state index in [0.29, 0.717) is 6.54 Å². The summed E-state index contributed by atoms with van der Waals surface area (Å²) in [4.78, 5) is 19.0. The fourth-order valence-electron chi connectivity index (χ4n) is 3.37. The third kappa shape index (κ3) is 4.13. The Morgan fingerprint density at radius 1 is 1.32 bits per heavy atom. The van der Waals surface area contributed by atoms with E-state index in [1.54, 1.807) is 17.6 Å². The Morgan fingerprint density at radius 2 is 2.18 bits per heavy atom. The minimum Gasteiger partial charge on any atom is -0.467 e. The number of carbonyl (C=O) groups is 1. The highest BCUT2D eigenvalue weighted by Gasteiger charge is 2.25. The van der Waals surface area contributed by atoms with Crippen LogP contribution >= 0.6 is 27.3 Å². The van der Waals surface area contributed by atoms with Gasteiger partial charge in [-0.05, 0) is 67.5 Å². The number of hydrogen-bond donors (Lipinski definition) is 1. The molecule has 0 unspecified atom stereocenters. The van der Waals surface area contributed by atoms with Crippen molar-refractivity contribution in [2.24, 2.45) is 4.99 Å². The van der Waals surface area contributed by atoms with Crippen LogP contribution < -0.4 is 5.32 Å². The van der Waals surface area contributed by atoms with Gasteiger partial charge in [0.2, 0.25) is 0 Å². The molecule has 0 saturated heterocycles. The third-order valence-electron chi connectivity index (χ3n) is 4.91. The molecule has 6 heteroatoms. The second kappa shape index (κ2) is 8.45. The molecule has 1 aliphatic rings. The molecule has 0 atom stereocenters. The number of hydrogen-bond acceptors (Lipinski definition) is 4. The van der Waals surface area contributed by atoms with Gasteiger partial charge in [0.1, 0.15) is 10.8 Å². The molecule has 1 aromatic carbocycles. The molecule has 0 radical (unpaired) electrons. The molecule has 0 spiro atoms. The van der Waals surface area contributed by atoms with E-state index in [9.17, 15) is 4.79 Å². The van der Waals surface area contributed by atoms with Gasteiger partial charge in [-0.3, -0.25) is 4.79 Å². The number of amides is 1. The summed E-state index contributed by atoms with van der Waals surface area (Å²) >= 11 is 5.21. The first-order valence-electron chi connectivity index (χ1n) is 9.37. The predicted molar refractivity (Wildman–Crippen MR) is 117 cm³/mol. The van der Waals surface area contributed by atoms with E-state index in [-0.39, 0.29) is 5.91 Å². The zero-order chi connectivity index (χ0) is 19.5. The Bertz CT molecular complexity index is 1020. The van der Waals surface area contributed by atoms with Gasteiger partial charge in [0.05, 0.1) is 18.4 Å². The minimum atomic E-state index is -0.0759. The standard InChI is InChI=1S/C22H21BrN2O2S/c1-14-8-9-15(11-18(14)23)12-25-22-20(17-6-2-3-7-19(17)28-22)21(26)24-13-16-5-4-10-27-16/h4-5,8-12H,2-3,6-7,13H2,1H3,(H,24,26)/b25-12+. The summed E-state index contributed by atoms with van der Waals surface area (Å²) in [6.45, 7) is 2.43. The molecule has 0 fully saturated rings. The number of benzene rings is 1. The summed E-state index contributed by atoms with van der Waals surface area (Å²) in [6.07, 6.45) is 7.73. The first-order valence-corrected chi connectivity index (χ1v) is 11.0. The van der Waals surface area contributed by atoms with Crippen molar-refractivity contribution < 1.29 is 9.21 Å². The van der Waals surface area contributed by atoms with Crippen LogP contribution in [0.3, 0.4) is 0 Å². The molecule has 4 rings (SSSR count). The molecule has 28 heavy (non-hydrogen) atoms. The number of carbonyl (C=O) groups excluding carboxylic acids is 1. The minimum absolute atomic E-state index is 0.0759. The number of halogens is 1. The van der Waals surface area contributed by atoms with E-state index in [1.807, 2.05) is 30.5 Å². The number of rotatable bonds is 5. The van der Waals surface area contributed by atoms with Gasteiger partial charge in [-0.1, -0.05) is 28.1 Å². The second-order valence-corrected chi connectivity index (χ2v) is 8.86. The Balaban J connectivity index is 1.62. The fraction of sp³-hybridized carbons (Fsp3) is 0.273. The number of thiophene rings is 1. The molecular formula is C22H21BrN2O2S. The van der Waals surface area contributed by atoms with E-state index in [0.717, 1.165) is 45.6 Å². The van der Waals surface area contributed by atoms with Gasteiger partial charge in [-0.2, -0.15) is 0 Å². The first kappa shape index (κ1) is 19.2. The Hall–Kier alpha value is -2.18. The lowest BCUT2D eigenvalue weighted by Crippen LogP contribution is -2.23. The zero-order valence-electron chi connectivity index (χ0n) is 15.6. The molecule has 2 heterocycles.